The second-order valence-corrected chi connectivity index (χ2v) is 8.27. The maximum atomic E-state index is 12.7. The number of amides is 1. The molecule has 0 atom stereocenters. The van der Waals surface area contributed by atoms with Gasteiger partial charge in [-0.1, -0.05) is 46.3 Å². The zero-order valence-electron chi connectivity index (χ0n) is 18.7. The van der Waals surface area contributed by atoms with Crippen LogP contribution in [0.4, 0.5) is 0 Å². The fourth-order valence-corrected chi connectivity index (χ4v) is 3.53. The van der Waals surface area contributed by atoms with E-state index in [1.54, 1.807) is 49.6 Å². The topological polar surface area (TPSA) is 86.2 Å². The van der Waals surface area contributed by atoms with Crippen LogP contribution in [-0.4, -0.2) is 31.8 Å². The first kappa shape index (κ1) is 24.0. The molecule has 0 saturated carbocycles. The lowest BCUT2D eigenvalue weighted by molar-refractivity contribution is -0.123. The number of ether oxygens (including phenoxy) is 3. The quantitative estimate of drug-likeness (QED) is 0.143. The standard InChI is InChI=1S/C27H21BrN2O5/c1-33-21-11-6-19(7-12-21)27(32)35-25-15-8-18-4-2-3-5-23(18)24(25)16-29-30-26(31)17-34-22-13-9-20(28)10-14-22/h2-16H,17H2,1H3,(H,30,31). The second-order valence-electron chi connectivity index (χ2n) is 7.35. The van der Waals surface area contributed by atoms with Gasteiger partial charge in [-0.05, 0) is 65.4 Å². The molecule has 0 aromatic heterocycles. The van der Waals surface area contributed by atoms with Crippen LogP contribution in [0.25, 0.3) is 10.8 Å². The maximum Gasteiger partial charge on any atom is 0.343 e. The van der Waals surface area contributed by atoms with Crippen LogP contribution in [0, 0.1) is 0 Å². The highest BCUT2D eigenvalue weighted by molar-refractivity contribution is 9.10. The number of carbonyl (C=O) groups excluding carboxylic acids is 2. The molecule has 0 aliphatic heterocycles. The Labute approximate surface area is 210 Å². The zero-order valence-corrected chi connectivity index (χ0v) is 20.3. The number of rotatable bonds is 8. The summed E-state index contributed by atoms with van der Waals surface area (Å²) in [6, 6.07) is 24.9. The molecule has 0 aliphatic rings. The van der Waals surface area contributed by atoms with Crippen LogP contribution in [-0.2, 0) is 4.79 Å². The number of esters is 1. The van der Waals surface area contributed by atoms with Gasteiger partial charge in [0.25, 0.3) is 5.91 Å². The van der Waals surface area contributed by atoms with Crippen LogP contribution >= 0.6 is 15.9 Å². The number of hydrazone groups is 1. The monoisotopic (exact) mass is 532 g/mol. The molecular weight excluding hydrogens is 512 g/mol. The van der Waals surface area contributed by atoms with E-state index < -0.39 is 11.9 Å². The van der Waals surface area contributed by atoms with E-state index in [0.717, 1.165) is 15.2 Å². The summed E-state index contributed by atoms with van der Waals surface area (Å²) in [5.74, 6) is 0.563. The van der Waals surface area contributed by atoms with E-state index in [-0.39, 0.29) is 6.61 Å². The molecule has 4 rings (SSSR count). The lowest BCUT2D eigenvalue weighted by Gasteiger charge is -2.11. The molecule has 4 aromatic carbocycles. The molecule has 1 N–H and O–H groups in total. The Morgan fingerprint density at radius 2 is 1.63 bits per heavy atom. The number of nitrogens with one attached hydrogen (secondary N) is 1. The van der Waals surface area contributed by atoms with Gasteiger partial charge in [0, 0.05) is 10.0 Å². The third-order valence-corrected chi connectivity index (χ3v) is 5.55. The number of fused-ring (bicyclic) bond motifs is 1. The van der Waals surface area contributed by atoms with Crippen LogP contribution in [0.3, 0.4) is 0 Å². The molecule has 8 heteroatoms. The van der Waals surface area contributed by atoms with Gasteiger partial charge < -0.3 is 14.2 Å². The SMILES string of the molecule is COc1ccc(C(=O)Oc2ccc3ccccc3c2C=NNC(=O)COc2ccc(Br)cc2)cc1. The van der Waals surface area contributed by atoms with Crippen molar-refractivity contribution in [1.29, 1.82) is 0 Å². The lowest BCUT2D eigenvalue weighted by Crippen LogP contribution is -2.24. The summed E-state index contributed by atoms with van der Waals surface area (Å²) in [5.41, 5.74) is 3.37. The van der Waals surface area contributed by atoms with E-state index in [1.807, 2.05) is 42.5 Å². The minimum absolute atomic E-state index is 0.201. The number of carbonyl (C=O) groups is 2. The number of nitrogens with zero attached hydrogens (tertiary/aromatic N) is 1. The number of hydrogen-bond acceptors (Lipinski definition) is 6. The van der Waals surface area contributed by atoms with Gasteiger partial charge in [-0.15, -0.1) is 0 Å². The molecule has 1 amide bonds. The van der Waals surface area contributed by atoms with Crippen molar-refractivity contribution in [3.05, 3.63) is 101 Å². The van der Waals surface area contributed by atoms with Gasteiger partial charge in [0.15, 0.2) is 6.61 Å². The van der Waals surface area contributed by atoms with Crippen molar-refractivity contribution in [2.75, 3.05) is 13.7 Å². The predicted octanol–water partition coefficient (Wildman–Crippen LogP) is 5.36. The Morgan fingerprint density at radius 3 is 2.37 bits per heavy atom. The maximum absolute atomic E-state index is 12.7. The molecule has 0 spiro atoms. The molecular formula is C27H21BrN2O5. The van der Waals surface area contributed by atoms with Crippen LogP contribution in [0.1, 0.15) is 15.9 Å². The summed E-state index contributed by atoms with van der Waals surface area (Å²) in [6.07, 6.45) is 1.45. The van der Waals surface area contributed by atoms with Crippen LogP contribution in [0.15, 0.2) is 94.5 Å². The summed E-state index contributed by atoms with van der Waals surface area (Å²) in [6.45, 7) is -0.201. The fraction of sp³-hybridized carbons (Fsp3) is 0.0741. The molecule has 0 unspecified atom stereocenters. The van der Waals surface area contributed by atoms with Gasteiger partial charge in [-0.3, -0.25) is 4.79 Å². The normalized spacial score (nSPS) is 10.8. The van der Waals surface area contributed by atoms with Crippen molar-refractivity contribution in [3.8, 4) is 17.2 Å². The minimum Gasteiger partial charge on any atom is -0.497 e. The van der Waals surface area contributed by atoms with Gasteiger partial charge in [0.05, 0.1) is 18.9 Å². The van der Waals surface area contributed by atoms with Crippen LogP contribution in [0.5, 0.6) is 17.2 Å². The minimum atomic E-state index is -0.524. The van der Waals surface area contributed by atoms with E-state index in [0.29, 0.717) is 28.4 Å². The third kappa shape index (κ3) is 6.24. The average molecular weight is 533 g/mol. The van der Waals surface area contributed by atoms with Crippen molar-refractivity contribution >= 4 is 44.8 Å². The Morgan fingerprint density at radius 1 is 0.914 bits per heavy atom. The number of benzene rings is 4. The Balaban J connectivity index is 1.49. The molecule has 0 fully saturated rings. The van der Waals surface area contributed by atoms with Gasteiger partial charge in [-0.2, -0.15) is 5.10 Å². The highest BCUT2D eigenvalue weighted by atomic mass is 79.9. The number of halogens is 1. The highest BCUT2D eigenvalue weighted by Gasteiger charge is 2.14. The first-order chi connectivity index (χ1) is 17.0. The van der Waals surface area contributed by atoms with Gasteiger partial charge in [-0.25, -0.2) is 10.2 Å². The summed E-state index contributed by atoms with van der Waals surface area (Å²) < 4.78 is 17.2. The van der Waals surface area contributed by atoms with E-state index >= 15 is 0 Å². The summed E-state index contributed by atoms with van der Waals surface area (Å²) in [4.78, 5) is 24.9. The Hall–Kier alpha value is -4.17. The first-order valence-corrected chi connectivity index (χ1v) is 11.4. The van der Waals surface area contributed by atoms with E-state index in [9.17, 15) is 9.59 Å². The van der Waals surface area contributed by atoms with Crippen molar-refractivity contribution in [2.45, 2.75) is 0 Å². The van der Waals surface area contributed by atoms with Gasteiger partial charge >= 0.3 is 5.97 Å². The van der Waals surface area contributed by atoms with E-state index in [1.165, 1.54) is 6.21 Å². The molecule has 0 heterocycles. The van der Waals surface area contributed by atoms with Crippen LogP contribution in [0.2, 0.25) is 0 Å². The predicted molar refractivity (Wildman–Crippen MR) is 137 cm³/mol. The molecule has 0 saturated heterocycles. The van der Waals surface area contributed by atoms with Crippen molar-refractivity contribution < 1.29 is 23.8 Å². The third-order valence-electron chi connectivity index (χ3n) is 5.03. The fourth-order valence-electron chi connectivity index (χ4n) is 3.26. The highest BCUT2D eigenvalue weighted by Crippen LogP contribution is 2.27. The molecule has 4 aromatic rings. The summed E-state index contributed by atoms with van der Waals surface area (Å²) >= 11 is 3.35. The lowest BCUT2D eigenvalue weighted by atomic mass is 10.0. The largest absolute Gasteiger partial charge is 0.497 e. The molecule has 35 heavy (non-hydrogen) atoms. The average Bonchev–Trinajstić information content (AvgIpc) is 2.89. The van der Waals surface area contributed by atoms with E-state index in [2.05, 4.69) is 26.5 Å². The van der Waals surface area contributed by atoms with Crippen molar-refractivity contribution in [1.82, 2.24) is 5.43 Å². The van der Waals surface area contributed by atoms with Crippen molar-refractivity contribution in [3.63, 3.8) is 0 Å². The second kappa shape index (κ2) is 11.3. The number of methoxy groups -OCH3 is 1. The number of hydrogen-bond donors (Lipinski definition) is 1. The molecule has 176 valence electrons. The molecule has 0 bridgehead atoms. The summed E-state index contributed by atoms with van der Waals surface area (Å²) in [5, 5.41) is 5.81. The molecule has 0 aliphatic carbocycles. The Kier molecular flexibility index (Phi) is 7.74. The van der Waals surface area contributed by atoms with Crippen LogP contribution < -0.4 is 19.6 Å². The summed E-state index contributed by atoms with van der Waals surface area (Å²) in [7, 11) is 1.56. The molecule has 0 radical (unpaired) electrons. The van der Waals surface area contributed by atoms with Gasteiger partial charge in [0.1, 0.15) is 17.2 Å². The zero-order chi connectivity index (χ0) is 24.6. The Bertz CT molecular complexity index is 1370. The van der Waals surface area contributed by atoms with Crippen molar-refractivity contribution in [2.24, 2.45) is 5.10 Å². The first-order valence-electron chi connectivity index (χ1n) is 10.6. The smallest absolute Gasteiger partial charge is 0.343 e. The van der Waals surface area contributed by atoms with E-state index in [4.69, 9.17) is 14.2 Å². The molecule has 7 nitrogen and oxygen atoms in total. The van der Waals surface area contributed by atoms with Gasteiger partial charge in [0.2, 0.25) is 0 Å².